The van der Waals surface area contributed by atoms with Crippen molar-refractivity contribution in [2.45, 2.75) is 83.8 Å². The first kappa shape index (κ1) is 24.6. The Hall–Kier alpha value is -1.57. The molecule has 3 saturated carbocycles. The second-order valence-electron chi connectivity index (χ2n) is 11.2. The number of allylic oxidation sites excluding steroid dienone is 1. The maximum Gasteiger partial charge on any atom is 0.305 e. The fraction of sp³-hybridized carbons (Fsp3) is 0.808. The zero-order valence-corrected chi connectivity index (χ0v) is 20.0. The van der Waals surface area contributed by atoms with Crippen LogP contribution in [0.4, 0.5) is 0 Å². The molecule has 1 unspecified atom stereocenters. The molecule has 4 aliphatic rings. The molecule has 0 radical (unpaired) electrons. The zero-order chi connectivity index (χ0) is 24.2. The summed E-state index contributed by atoms with van der Waals surface area (Å²) < 4.78 is 5.11. The van der Waals surface area contributed by atoms with Crippen molar-refractivity contribution in [2.75, 3.05) is 13.2 Å². The number of carbonyl (C=O) groups excluding carboxylic acids is 3. The van der Waals surface area contributed by atoms with Gasteiger partial charge in [-0.3, -0.25) is 14.4 Å². The van der Waals surface area contributed by atoms with E-state index in [1.807, 2.05) is 6.92 Å². The van der Waals surface area contributed by atoms with Crippen LogP contribution in [-0.4, -0.2) is 57.8 Å². The van der Waals surface area contributed by atoms with Crippen LogP contribution in [0.2, 0.25) is 0 Å². The van der Waals surface area contributed by atoms with Crippen LogP contribution in [0.5, 0.6) is 0 Å². The minimum absolute atomic E-state index is 0.0492. The fourth-order valence-corrected chi connectivity index (χ4v) is 8.40. The molecular weight excluding hydrogens is 424 g/mol. The molecule has 0 bridgehead atoms. The van der Waals surface area contributed by atoms with Crippen molar-refractivity contribution >= 4 is 17.5 Å². The minimum atomic E-state index is -1.62. The van der Waals surface area contributed by atoms with Crippen LogP contribution in [0.1, 0.15) is 72.1 Å². The summed E-state index contributed by atoms with van der Waals surface area (Å²) in [7, 11) is 0. The molecule has 0 heterocycles. The third-order valence-electron chi connectivity index (χ3n) is 9.98. The van der Waals surface area contributed by atoms with Gasteiger partial charge in [0.2, 0.25) is 0 Å². The van der Waals surface area contributed by atoms with E-state index in [4.69, 9.17) is 4.74 Å². The summed E-state index contributed by atoms with van der Waals surface area (Å²) in [5.74, 6) is -0.780. The molecule has 0 saturated heterocycles. The van der Waals surface area contributed by atoms with Gasteiger partial charge < -0.3 is 20.1 Å². The molecule has 7 nitrogen and oxygen atoms in total. The fourth-order valence-electron chi connectivity index (χ4n) is 8.40. The van der Waals surface area contributed by atoms with Gasteiger partial charge in [0, 0.05) is 18.3 Å². The van der Waals surface area contributed by atoms with Gasteiger partial charge in [-0.1, -0.05) is 19.4 Å². The van der Waals surface area contributed by atoms with Crippen molar-refractivity contribution in [1.82, 2.24) is 0 Å². The normalized spacial score (nSPS) is 44.4. The van der Waals surface area contributed by atoms with Gasteiger partial charge in [0.15, 0.2) is 11.6 Å². The molecule has 4 rings (SSSR count). The van der Waals surface area contributed by atoms with E-state index in [-0.39, 0.29) is 48.3 Å². The average Bonchev–Trinajstić information content (AvgIpc) is 3.03. The number of ether oxygens (including phenoxy) is 1. The predicted octanol–water partition coefficient (Wildman–Crippen LogP) is 2.35. The van der Waals surface area contributed by atoms with E-state index >= 15 is 0 Å². The van der Waals surface area contributed by atoms with Gasteiger partial charge in [-0.25, -0.2) is 0 Å². The number of carbonyl (C=O) groups is 3. The molecule has 3 fully saturated rings. The molecule has 0 amide bonds. The Morgan fingerprint density at radius 2 is 1.97 bits per heavy atom. The Bertz CT molecular complexity index is 865. The standard InChI is InChI=1S/C26H38O7/c1-4-33-22(31)8-6-16-12-17(28)11-15-5-7-18-19-9-10-26(32,21(30)14-27)24(19,2)13-20(29)23(18)25(15,16)3/h11,16,18-20,23,27,29,32H,4-10,12-14H2,1-3H3/t16?,18-,19-,20-,23+,24-,25+,26-/m0/s1. The third-order valence-corrected chi connectivity index (χ3v) is 9.98. The van der Waals surface area contributed by atoms with Crippen LogP contribution in [0, 0.1) is 34.5 Å². The summed E-state index contributed by atoms with van der Waals surface area (Å²) in [6.07, 6.45) is 4.93. The van der Waals surface area contributed by atoms with E-state index in [1.165, 1.54) is 0 Å². The smallest absolute Gasteiger partial charge is 0.305 e. The van der Waals surface area contributed by atoms with Gasteiger partial charge in [-0.05, 0) is 80.6 Å². The number of ketones is 2. The highest BCUT2D eigenvalue weighted by molar-refractivity contribution is 5.92. The predicted molar refractivity (Wildman–Crippen MR) is 120 cm³/mol. The van der Waals surface area contributed by atoms with Gasteiger partial charge in [-0.15, -0.1) is 0 Å². The van der Waals surface area contributed by atoms with E-state index in [9.17, 15) is 29.7 Å². The van der Waals surface area contributed by atoms with Crippen LogP contribution in [0.3, 0.4) is 0 Å². The van der Waals surface area contributed by atoms with Crippen molar-refractivity contribution in [2.24, 2.45) is 34.5 Å². The summed E-state index contributed by atoms with van der Waals surface area (Å²) in [6, 6.07) is 0. The third kappa shape index (κ3) is 3.53. The van der Waals surface area contributed by atoms with Crippen LogP contribution in [-0.2, 0) is 19.1 Å². The quantitative estimate of drug-likeness (QED) is 0.518. The molecule has 8 atom stereocenters. The van der Waals surface area contributed by atoms with Crippen molar-refractivity contribution in [3.63, 3.8) is 0 Å². The zero-order valence-electron chi connectivity index (χ0n) is 20.0. The molecule has 0 spiro atoms. The summed E-state index contributed by atoms with van der Waals surface area (Å²) in [5, 5.41) is 32.4. The van der Waals surface area contributed by atoms with E-state index in [0.717, 1.165) is 18.4 Å². The van der Waals surface area contributed by atoms with Gasteiger partial charge in [0.1, 0.15) is 12.2 Å². The number of aliphatic hydroxyl groups excluding tert-OH is 2. The highest BCUT2D eigenvalue weighted by Gasteiger charge is 2.69. The lowest BCUT2D eigenvalue weighted by Crippen LogP contribution is -2.63. The van der Waals surface area contributed by atoms with Crippen LogP contribution < -0.4 is 0 Å². The van der Waals surface area contributed by atoms with Crippen LogP contribution in [0.25, 0.3) is 0 Å². The first-order valence-corrected chi connectivity index (χ1v) is 12.5. The molecule has 0 aliphatic heterocycles. The number of esters is 1. The van der Waals surface area contributed by atoms with Crippen molar-refractivity contribution in [3.05, 3.63) is 11.6 Å². The van der Waals surface area contributed by atoms with Gasteiger partial charge in [-0.2, -0.15) is 0 Å². The highest BCUT2D eigenvalue weighted by atomic mass is 16.5. The Labute approximate surface area is 195 Å². The van der Waals surface area contributed by atoms with Gasteiger partial charge >= 0.3 is 5.97 Å². The minimum Gasteiger partial charge on any atom is -0.466 e. The molecule has 0 aromatic rings. The highest BCUT2D eigenvalue weighted by Crippen LogP contribution is 2.68. The summed E-state index contributed by atoms with van der Waals surface area (Å²) in [6.45, 7) is 5.43. The first-order chi connectivity index (χ1) is 15.5. The molecule has 3 N–H and O–H groups in total. The van der Waals surface area contributed by atoms with Gasteiger partial charge in [0.05, 0.1) is 12.7 Å². The largest absolute Gasteiger partial charge is 0.466 e. The molecule has 0 aromatic carbocycles. The van der Waals surface area contributed by atoms with Gasteiger partial charge in [0.25, 0.3) is 0 Å². The molecular formula is C26H38O7. The maximum absolute atomic E-state index is 12.6. The van der Waals surface area contributed by atoms with E-state index in [1.54, 1.807) is 13.0 Å². The summed E-state index contributed by atoms with van der Waals surface area (Å²) in [4.78, 5) is 37.2. The molecule has 184 valence electrons. The summed E-state index contributed by atoms with van der Waals surface area (Å²) in [5.41, 5.74) is -1.78. The average molecular weight is 463 g/mol. The number of rotatable bonds is 6. The number of aliphatic hydroxyl groups is 3. The topological polar surface area (TPSA) is 121 Å². The Morgan fingerprint density at radius 3 is 2.64 bits per heavy atom. The summed E-state index contributed by atoms with van der Waals surface area (Å²) >= 11 is 0. The first-order valence-electron chi connectivity index (χ1n) is 12.5. The number of hydrogen-bond donors (Lipinski definition) is 3. The lowest BCUT2D eigenvalue weighted by atomic mass is 9.43. The van der Waals surface area contributed by atoms with E-state index in [2.05, 4.69) is 6.92 Å². The Morgan fingerprint density at radius 1 is 1.24 bits per heavy atom. The lowest BCUT2D eigenvalue weighted by Gasteiger charge is -2.62. The van der Waals surface area contributed by atoms with Crippen molar-refractivity contribution < 1.29 is 34.4 Å². The lowest BCUT2D eigenvalue weighted by molar-refractivity contribution is -0.186. The van der Waals surface area contributed by atoms with E-state index < -0.39 is 34.9 Å². The Balaban J connectivity index is 1.68. The SMILES string of the molecule is CCOC(=O)CCC1CC(=O)C=C2CC[C@@H]3[C@H]([C@@H](O)C[C@@]4(C)[C@H]3CC[C@]4(O)C(=O)CO)[C@]21C. The number of Topliss-reactive ketones (excluding diaryl/α,β-unsaturated/α-hetero) is 1. The molecule has 4 aliphatic carbocycles. The Kier molecular flexibility index (Phi) is 6.38. The van der Waals surface area contributed by atoms with Crippen LogP contribution in [0.15, 0.2) is 11.6 Å². The number of fused-ring (bicyclic) bond motifs is 5. The molecule has 33 heavy (non-hydrogen) atoms. The maximum atomic E-state index is 12.6. The second-order valence-corrected chi connectivity index (χ2v) is 11.2. The van der Waals surface area contributed by atoms with Crippen LogP contribution >= 0.6 is 0 Å². The van der Waals surface area contributed by atoms with Crippen molar-refractivity contribution in [3.8, 4) is 0 Å². The second kappa shape index (κ2) is 8.58. The van der Waals surface area contributed by atoms with Crippen molar-refractivity contribution in [1.29, 1.82) is 0 Å². The number of hydrogen-bond acceptors (Lipinski definition) is 7. The molecule has 0 aromatic heterocycles. The van der Waals surface area contributed by atoms with E-state index in [0.29, 0.717) is 32.3 Å². The molecule has 7 heteroatoms. The monoisotopic (exact) mass is 462 g/mol.